The molecule has 0 saturated carbocycles. The number of hydrogen-bond acceptors (Lipinski definition) is 3. The van der Waals surface area contributed by atoms with Crippen LogP contribution in [-0.4, -0.2) is 37.0 Å². The summed E-state index contributed by atoms with van der Waals surface area (Å²) in [6.45, 7) is 2.44. The zero-order valence-corrected chi connectivity index (χ0v) is 11.2. The lowest BCUT2D eigenvalue weighted by Gasteiger charge is -2.16. The molecule has 4 nitrogen and oxygen atoms in total. The Bertz CT molecular complexity index is 417. The van der Waals surface area contributed by atoms with E-state index in [1.807, 2.05) is 0 Å². The summed E-state index contributed by atoms with van der Waals surface area (Å²) in [6, 6.07) is 6.64. The maximum Gasteiger partial charge on any atom is 0.307 e. The highest BCUT2D eigenvalue weighted by molar-refractivity contribution is 6.30. The average Bonchev–Trinajstić information content (AvgIpc) is 2.36. The van der Waals surface area contributed by atoms with Crippen LogP contribution in [0.3, 0.4) is 0 Å². The summed E-state index contributed by atoms with van der Waals surface area (Å²) < 4.78 is 4.80. The zero-order valence-electron chi connectivity index (χ0n) is 10.5. The molecule has 0 fully saturated rings. The lowest BCUT2D eigenvalue weighted by atomic mass is 10.2. The van der Waals surface area contributed by atoms with Crippen molar-refractivity contribution in [2.24, 2.45) is 0 Å². The van der Waals surface area contributed by atoms with Crippen molar-refractivity contribution < 1.29 is 14.3 Å². The second-order valence-electron chi connectivity index (χ2n) is 3.79. The van der Waals surface area contributed by atoms with E-state index in [1.165, 1.54) is 4.90 Å². The van der Waals surface area contributed by atoms with Gasteiger partial charge in [-0.2, -0.15) is 0 Å². The summed E-state index contributed by atoms with van der Waals surface area (Å²) in [7, 11) is 1.65. The second-order valence-corrected chi connectivity index (χ2v) is 4.23. The molecule has 1 aromatic rings. The first kappa shape index (κ1) is 14.5. The van der Waals surface area contributed by atoms with Gasteiger partial charge in [0.2, 0.25) is 0 Å². The van der Waals surface area contributed by atoms with Crippen molar-refractivity contribution in [3.63, 3.8) is 0 Å². The van der Waals surface area contributed by atoms with Crippen LogP contribution in [0.15, 0.2) is 24.3 Å². The van der Waals surface area contributed by atoms with Crippen molar-refractivity contribution >= 4 is 23.5 Å². The van der Waals surface area contributed by atoms with Crippen molar-refractivity contribution in [3.05, 3.63) is 34.9 Å². The number of esters is 1. The quantitative estimate of drug-likeness (QED) is 0.771. The van der Waals surface area contributed by atoms with E-state index in [9.17, 15) is 9.59 Å². The molecule has 0 N–H and O–H groups in total. The summed E-state index contributed by atoms with van der Waals surface area (Å²) in [6.07, 6.45) is 0.198. The number of hydrogen-bond donors (Lipinski definition) is 0. The summed E-state index contributed by atoms with van der Waals surface area (Å²) in [5.74, 6) is -0.441. The fourth-order valence-electron chi connectivity index (χ4n) is 1.41. The molecule has 98 valence electrons. The van der Waals surface area contributed by atoms with Crippen LogP contribution in [0.2, 0.25) is 5.02 Å². The number of halogens is 1. The molecule has 5 heteroatoms. The van der Waals surface area contributed by atoms with Gasteiger partial charge in [0.25, 0.3) is 5.91 Å². The Morgan fingerprint density at radius 1 is 1.28 bits per heavy atom. The Balaban J connectivity index is 2.51. The highest BCUT2D eigenvalue weighted by atomic mass is 35.5. The van der Waals surface area contributed by atoms with E-state index in [1.54, 1.807) is 38.2 Å². The number of ether oxygens (including phenoxy) is 1. The Labute approximate surface area is 111 Å². The second kappa shape index (κ2) is 7.01. The van der Waals surface area contributed by atoms with E-state index in [0.29, 0.717) is 23.7 Å². The van der Waals surface area contributed by atoms with Crippen LogP contribution in [-0.2, 0) is 9.53 Å². The highest BCUT2D eigenvalue weighted by Crippen LogP contribution is 2.11. The number of carbonyl (C=O) groups is 2. The molecule has 18 heavy (non-hydrogen) atoms. The molecule has 0 bridgehead atoms. The molecule has 1 rings (SSSR count). The number of nitrogens with zero attached hydrogens (tertiary/aromatic N) is 1. The number of amides is 1. The van der Waals surface area contributed by atoms with Crippen LogP contribution >= 0.6 is 11.6 Å². The third-order valence-corrected chi connectivity index (χ3v) is 2.65. The number of carbonyl (C=O) groups excluding carboxylic acids is 2. The zero-order chi connectivity index (χ0) is 13.5. The van der Waals surface area contributed by atoms with Gasteiger partial charge < -0.3 is 9.64 Å². The van der Waals surface area contributed by atoms with Gasteiger partial charge in [0.15, 0.2) is 0 Å². The van der Waals surface area contributed by atoms with E-state index in [2.05, 4.69) is 0 Å². The van der Waals surface area contributed by atoms with Crippen LogP contribution in [0.1, 0.15) is 23.7 Å². The Morgan fingerprint density at radius 3 is 2.44 bits per heavy atom. The van der Waals surface area contributed by atoms with Gasteiger partial charge in [-0.25, -0.2) is 0 Å². The smallest absolute Gasteiger partial charge is 0.307 e. The fourth-order valence-corrected chi connectivity index (χ4v) is 1.53. The molecular weight excluding hydrogens is 254 g/mol. The van der Waals surface area contributed by atoms with Crippen LogP contribution in [0.25, 0.3) is 0 Å². The van der Waals surface area contributed by atoms with Crippen molar-refractivity contribution in [2.75, 3.05) is 20.2 Å². The minimum Gasteiger partial charge on any atom is -0.466 e. The van der Waals surface area contributed by atoms with Crippen molar-refractivity contribution in [1.82, 2.24) is 4.90 Å². The minimum absolute atomic E-state index is 0.143. The maximum absolute atomic E-state index is 12.0. The van der Waals surface area contributed by atoms with E-state index in [0.717, 1.165) is 0 Å². The van der Waals surface area contributed by atoms with Crippen LogP contribution in [0.5, 0.6) is 0 Å². The lowest BCUT2D eigenvalue weighted by molar-refractivity contribution is -0.143. The summed E-state index contributed by atoms with van der Waals surface area (Å²) in [5, 5.41) is 0.584. The minimum atomic E-state index is -0.298. The van der Waals surface area contributed by atoms with E-state index in [-0.39, 0.29) is 18.3 Å². The van der Waals surface area contributed by atoms with Gasteiger partial charge in [-0.1, -0.05) is 11.6 Å². The molecule has 0 unspecified atom stereocenters. The van der Waals surface area contributed by atoms with Crippen LogP contribution in [0.4, 0.5) is 0 Å². The van der Waals surface area contributed by atoms with Gasteiger partial charge >= 0.3 is 5.97 Å². The Kier molecular flexibility index (Phi) is 5.65. The first-order chi connectivity index (χ1) is 8.54. The van der Waals surface area contributed by atoms with Gasteiger partial charge in [-0.3, -0.25) is 9.59 Å². The summed E-state index contributed by atoms with van der Waals surface area (Å²) >= 11 is 5.75. The van der Waals surface area contributed by atoms with E-state index in [4.69, 9.17) is 16.3 Å². The molecule has 0 saturated heterocycles. The first-order valence-electron chi connectivity index (χ1n) is 5.71. The highest BCUT2D eigenvalue weighted by Gasteiger charge is 2.13. The first-order valence-corrected chi connectivity index (χ1v) is 6.09. The molecule has 0 aliphatic carbocycles. The molecule has 0 aromatic heterocycles. The fraction of sp³-hybridized carbons (Fsp3) is 0.385. The van der Waals surface area contributed by atoms with Gasteiger partial charge in [0.05, 0.1) is 13.0 Å². The van der Waals surface area contributed by atoms with Crippen molar-refractivity contribution in [1.29, 1.82) is 0 Å². The lowest BCUT2D eigenvalue weighted by Crippen LogP contribution is -2.29. The number of rotatable bonds is 5. The van der Waals surface area contributed by atoms with Crippen molar-refractivity contribution in [3.8, 4) is 0 Å². The molecule has 1 aromatic carbocycles. The van der Waals surface area contributed by atoms with Crippen LogP contribution < -0.4 is 0 Å². The monoisotopic (exact) mass is 269 g/mol. The van der Waals surface area contributed by atoms with Crippen molar-refractivity contribution in [2.45, 2.75) is 13.3 Å². The standard InChI is InChI=1S/C13H16ClNO3/c1-3-18-12(16)8-9-15(2)13(17)10-4-6-11(14)7-5-10/h4-7H,3,8-9H2,1-2H3. The van der Waals surface area contributed by atoms with Gasteiger partial charge in [0, 0.05) is 24.2 Å². The average molecular weight is 270 g/mol. The Morgan fingerprint density at radius 2 is 1.89 bits per heavy atom. The molecule has 0 heterocycles. The summed E-state index contributed by atoms with van der Waals surface area (Å²) in [5.41, 5.74) is 0.547. The molecule has 1 amide bonds. The van der Waals surface area contributed by atoms with Gasteiger partial charge in [-0.05, 0) is 31.2 Å². The molecular formula is C13H16ClNO3. The Hall–Kier alpha value is -1.55. The number of benzene rings is 1. The predicted octanol–water partition coefficient (Wildman–Crippen LogP) is 2.37. The summed E-state index contributed by atoms with van der Waals surface area (Å²) in [4.78, 5) is 24.6. The molecule has 0 spiro atoms. The topological polar surface area (TPSA) is 46.6 Å². The third kappa shape index (κ3) is 4.37. The van der Waals surface area contributed by atoms with Gasteiger partial charge in [-0.15, -0.1) is 0 Å². The van der Waals surface area contributed by atoms with E-state index < -0.39 is 0 Å². The maximum atomic E-state index is 12.0. The largest absolute Gasteiger partial charge is 0.466 e. The normalized spacial score (nSPS) is 9.94. The SMILES string of the molecule is CCOC(=O)CCN(C)C(=O)c1ccc(Cl)cc1. The molecule has 0 radical (unpaired) electrons. The molecule has 0 aliphatic heterocycles. The predicted molar refractivity (Wildman–Crippen MR) is 69.7 cm³/mol. The third-order valence-electron chi connectivity index (χ3n) is 2.39. The molecule has 0 aliphatic rings. The van der Waals surface area contributed by atoms with E-state index >= 15 is 0 Å². The van der Waals surface area contributed by atoms with Crippen LogP contribution in [0, 0.1) is 0 Å². The molecule has 0 atom stereocenters. The van der Waals surface area contributed by atoms with Gasteiger partial charge in [0.1, 0.15) is 0 Å².